The van der Waals surface area contributed by atoms with Gasteiger partial charge in [-0.3, -0.25) is 4.79 Å². The van der Waals surface area contributed by atoms with E-state index in [9.17, 15) is 13.2 Å². The first-order chi connectivity index (χ1) is 12.1. The van der Waals surface area contributed by atoms with Crippen molar-refractivity contribution in [2.75, 3.05) is 19.6 Å². The Morgan fingerprint density at radius 2 is 1.84 bits per heavy atom. The minimum Gasteiger partial charge on any atom is -0.355 e. The van der Waals surface area contributed by atoms with E-state index in [1.807, 2.05) is 0 Å². The summed E-state index contributed by atoms with van der Waals surface area (Å²) >= 11 is 1.41. The second kappa shape index (κ2) is 8.51. The first-order valence-corrected chi connectivity index (χ1v) is 11.3. The molecule has 0 radical (unpaired) electrons. The lowest BCUT2D eigenvalue weighted by atomic mass is 10.2. The Kier molecular flexibility index (Phi) is 6.35. The lowest BCUT2D eigenvalue weighted by molar-refractivity contribution is -0.120. The normalized spacial score (nSPS) is 23.5. The van der Waals surface area contributed by atoms with Gasteiger partial charge < -0.3 is 5.32 Å². The molecule has 1 N–H and O–H groups in total. The van der Waals surface area contributed by atoms with Crippen molar-refractivity contribution in [2.45, 2.75) is 60.1 Å². The number of carbonyl (C=O) groups is 1. The molecular weight excluding hydrogens is 358 g/mol. The number of nitrogens with zero attached hydrogens (tertiary/aromatic N) is 2. The molecule has 1 aromatic heterocycles. The summed E-state index contributed by atoms with van der Waals surface area (Å²) in [6.45, 7) is 1.90. The molecule has 1 atom stereocenters. The SMILES string of the molecule is O=C1NCCCCC1Sc1ccc(S(=O)(=O)N2CCCCCC2)cn1. The minimum absolute atomic E-state index is 0.0468. The van der Waals surface area contributed by atoms with E-state index < -0.39 is 10.0 Å². The maximum Gasteiger partial charge on any atom is 0.244 e. The standard InChI is InChI=1S/C17H25N3O3S2/c21-17-15(7-3-4-10-18-17)24-16-9-8-14(13-19-16)25(22,23)20-11-5-1-2-6-12-20/h8-9,13,15H,1-7,10-12H2,(H,18,21). The molecule has 0 spiro atoms. The van der Waals surface area contributed by atoms with E-state index in [0.717, 1.165) is 51.5 Å². The van der Waals surface area contributed by atoms with Crippen molar-refractivity contribution in [3.8, 4) is 0 Å². The number of hydrogen-bond donors (Lipinski definition) is 1. The molecule has 1 amide bonds. The van der Waals surface area contributed by atoms with Gasteiger partial charge in [-0.25, -0.2) is 13.4 Å². The van der Waals surface area contributed by atoms with Gasteiger partial charge in [0.15, 0.2) is 0 Å². The monoisotopic (exact) mass is 383 g/mol. The van der Waals surface area contributed by atoms with Crippen molar-refractivity contribution in [1.82, 2.24) is 14.6 Å². The van der Waals surface area contributed by atoms with E-state index >= 15 is 0 Å². The molecule has 1 aromatic rings. The van der Waals surface area contributed by atoms with Crippen LogP contribution in [0.2, 0.25) is 0 Å². The van der Waals surface area contributed by atoms with E-state index in [-0.39, 0.29) is 16.1 Å². The topological polar surface area (TPSA) is 79.4 Å². The Morgan fingerprint density at radius 1 is 1.08 bits per heavy atom. The van der Waals surface area contributed by atoms with E-state index in [0.29, 0.717) is 18.1 Å². The van der Waals surface area contributed by atoms with Crippen LogP contribution in [0, 0.1) is 0 Å². The third-order valence-corrected chi connectivity index (χ3v) is 7.76. The molecule has 3 heterocycles. The highest BCUT2D eigenvalue weighted by molar-refractivity contribution is 8.00. The number of carbonyl (C=O) groups excluding carboxylic acids is 1. The summed E-state index contributed by atoms with van der Waals surface area (Å²) < 4.78 is 27.1. The average molecular weight is 384 g/mol. The fourth-order valence-electron chi connectivity index (χ4n) is 3.19. The molecule has 2 aliphatic heterocycles. The van der Waals surface area contributed by atoms with Gasteiger partial charge in [-0.15, -0.1) is 0 Å². The van der Waals surface area contributed by atoms with Crippen LogP contribution in [0.4, 0.5) is 0 Å². The van der Waals surface area contributed by atoms with Crippen LogP contribution < -0.4 is 5.32 Å². The molecule has 3 rings (SSSR count). The molecule has 0 aliphatic carbocycles. The number of rotatable bonds is 4. The summed E-state index contributed by atoms with van der Waals surface area (Å²) in [6, 6.07) is 3.33. The van der Waals surface area contributed by atoms with Crippen LogP contribution in [0.15, 0.2) is 28.3 Å². The lowest BCUT2D eigenvalue weighted by Crippen LogP contribution is -2.32. The second-order valence-electron chi connectivity index (χ2n) is 6.54. The van der Waals surface area contributed by atoms with Crippen molar-refractivity contribution >= 4 is 27.7 Å². The Morgan fingerprint density at radius 3 is 2.52 bits per heavy atom. The van der Waals surface area contributed by atoms with E-state index in [1.54, 1.807) is 16.4 Å². The van der Waals surface area contributed by atoms with Crippen molar-refractivity contribution in [2.24, 2.45) is 0 Å². The van der Waals surface area contributed by atoms with Crippen molar-refractivity contribution in [1.29, 1.82) is 0 Å². The van der Waals surface area contributed by atoms with Gasteiger partial charge in [-0.2, -0.15) is 4.31 Å². The maximum absolute atomic E-state index is 12.8. The summed E-state index contributed by atoms with van der Waals surface area (Å²) in [6.07, 6.45) is 8.27. The Balaban J connectivity index is 1.69. The number of thioether (sulfide) groups is 1. The highest BCUT2D eigenvalue weighted by Crippen LogP contribution is 2.28. The van der Waals surface area contributed by atoms with Crippen molar-refractivity contribution in [3.63, 3.8) is 0 Å². The predicted molar refractivity (Wildman–Crippen MR) is 98.0 cm³/mol. The highest BCUT2D eigenvalue weighted by atomic mass is 32.2. The minimum atomic E-state index is -3.47. The van der Waals surface area contributed by atoms with E-state index in [4.69, 9.17) is 0 Å². The van der Waals surface area contributed by atoms with Gasteiger partial charge >= 0.3 is 0 Å². The molecule has 2 fully saturated rings. The van der Waals surface area contributed by atoms with Gasteiger partial charge in [0, 0.05) is 25.8 Å². The van der Waals surface area contributed by atoms with Crippen LogP contribution in [0.25, 0.3) is 0 Å². The molecule has 0 aromatic carbocycles. The Bertz CT molecular complexity index is 684. The quantitative estimate of drug-likeness (QED) is 0.864. The lowest BCUT2D eigenvalue weighted by Gasteiger charge is -2.20. The fraction of sp³-hybridized carbons (Fsp3) is 0.647. The summed E-state index contributed by atoms with van der Waals surface area (Å²) in [7, 11) is -3.47. The molecular formula is C17H25N3O3S2. The van der Waals surface area contributed by atoms with Crippen LogP contribution in [0.1, 0.15) is 44.9 Å². The molecule has 2 aliphatic rings. The van der Waals surface area contributed by atoms with Gasteiger partial charge in [-0.05, 0) is 37.8 Å². The molecule has 0 saturated carbocycles. The zero-order chi connectivity index (χ0) is 17.7. The van der Waals surface area contributed by atoms with Crippen LogP contribution in [0.5, 0.6) is 0 Å². The zero-order valence-corrected chi connectivity index (χ0v) is 15.9. The summed E-state index contributed by atoms with van der Waals surface area (Å²) in [5.74, 6) is 0.0468. The fourth-order valence-corrected chi connectivity index (χ4v) is 5.68. The third kappa shape index (κ3) is 4.74. The zero-order valence-electron chi connectivity index (χ0n) is 14.3. The molecule has 138 valence electrons. The van der Waals surface area contributed by atoms with Crippen molar-refractivity contribution < 1.29 is 13.2 Å². The van der Waals surface area contributed by atoms with Crippen LogP contribution >= 0.6 is 11.8 Å². The summed E-state index contributed by atoms with van der Waals surface area (Å²) in [5, 5.41) is 3.45. The van der Waals surface area contributed by atoms with E-state index in [2.05, 4.69) is 10.3 Å². The molecule has 25 heavy (non-hydrogen) atoms. The largest absolute Gasteiger partial charge is 0.355 e. The van der Waals surface area contributed by atoms with Gasteiger partial charge in [0.1, 0.15) is 4.90 Å². The molecule has 0 bridgehead atoms. The number of aromatic nitrogens is 1. The third-order valence-electron chi connectivity index (χ3n) is 4.66. The molecule has 2 saturated heterocycles. The summed E-state index contributed by atoms with van der Waals surface area (Å²) in [4.78, 5) is 16.6. The molecule has 8 heteroatoms. The number of nitrogens with one attached hydrogen (secondary N) is 1. The molecule has 1 unspecified atom stereocenters. The average Bonchev–Trinajstić information content (AvgIpc) is 3.00. The molecule has 6 nitrogen and oxygen atoms in total. The van der Waals surface area contributed by atoms with E-state index in [1.165, 1.54) is 18.0 Å². The van der Waals surface area contributed by atoms with Crippen LogP contribution in [0.3, 0.4) is 0 Å². The summed E-state index contributed by atoms with van der Waals surface area (Å²) in [5.41, 5.74) is 0. The van der Waals surface area contributed by atoms with Gasteiger partial charge in [-0.1, -0.05) is 31.0 Å². The van der Waals surface area contributed by atoms with Gasteiger partial charge in [0.2, 0.25) is 15.9 Å². The van der Waals surface area contributed by atoms with Gasteiger partial charge in [0.25, 0.3) is 0 Å². The van der Waals surface area contributed by atoms with Crippen molar-refractivity contribution in [3.05, 3.63) is 18.3 Å². The highest BCUT2D eigenvalue weighted by Gasteiger charge is 2.26. The van der Waals surface area contributed by atoms with Crippen LogP contribution in [-0.4, -0.2) is 48.5 Å². The first-order valence-electron chi connectivity index (χ1n) is 8.98. The maximum atomic E-state index is 12.8. The Labute approximate surface area is 153 Å². The van der Waals surface area contributed by atoms with Gasteiger partial charge in [0.05, 0.1) is 10.3 Å². The second-order valence-corrected chi connectivity index (χ2v) is 9.70. The van der Waals surface area contributed by atoms with Crippen LogP contribution in [-0.2, 0) is 14.8 Å². The smallest absolute Gasteiger partial charge is 0.244 e. The predicted octanol–water partition coefficient (Wildman–Crippen LogP) is 2.41. The number of pyridine rings is 1. The number of amides is 1. The number of sulfonamides is 1. The number of hydrogen-bond acceptors (Lipinski definition) is 5. The first kappa shape index (κ1) is 18.7. The Hall–Kier alpha value is -1.12.